The molecule has 4 aromatic rings. The van der Waals surface area contributed by atoms with Crippen LogP contribution in [0.15, 0.2) is 48.5 Å². The third-order valence-corrected chi connectivity index (χ3v) is 8.27. The van der Waals surface area contributed by atoms with E-state index in [2.05, 4.69) is 22.3 Å². The fourth-order valence-electron chi connectivity index (χ4n) is 5.77. The van der Waals surface area contributed by atoms with Crippen LogP contribution in [0.2, 0.25) is 0 Å². The Bertz CT molecular complexity index is 1940. The van der Waals surface area contributed by atoms with Crippen LogP contribution in [0.1, 0.15) is 90.0 Å². The topological polar surface area (TPSA) is 190 Å². The minimum atomic E-state index is -1.54. The number of carbonyl (C=O) groups excluding carboxylic acids is 3. The van der Waals surface area contributed by atoms with Crippen molar-refractivity contribution >= 4 is 121 Å². The standard InChI is InChI=1S/C39H44N6O9.2K.2H/c1-11-27-29(51-25-17-13-23(21-40)14-18-25)33(49-9)42-44(27)31(38(3,4)5)35(46)53-37(48)54-36(47)32(39(6,7)8)45-28(12-2)30(34(43-45)50-10)52-26-19-15-24(22-41)16-20-26;;;;/h13-20,31-32H,11-12H2,1-10H3;;;;. The van der Waals surface area contributed by atoms with Crippen molar-refractivity contribution in [2.75, 3.05) is 14.2 Å². The van der Waals surface area contributed by atoms with Gasteiger partial charge in [-0.2, -0.15) is 10.5 Å². The van der Waals surface area contributed by atoms with E-state index in [1.165, 1.54) is 23.6 Å². The van der Waals surface area contributed by atoms with Crippen molar-refractivity contribution in [3.63, 3.8) is 0 Å². The third-order valence-electron chi connectivity index (χ3n) is 8.27. The first-order valence-corrected chi connectivity index (χ1v) is 17.1. The van der Waals surface area contributed by atoms with E-state index in [4.69, 9.17) is 38.9 Å². The number of aromatic nitrogens is 4. The van der Waals surface area contributed by atoms with Crippen molar-refractivity contribution in [1.29, 1.82) is 10.5 Å². The minimum absolute atomic E-state index is 0. The molecule has 2 atom stereocenters. The Hall–Kier alpha value is -3.08. The molecule has 0 fully saturated rings. The van der Waals surface area contributed by atoms with Crippen LogP contribution in [0.4, 0.5) is 4.79 Å². The monoisotopic (exact) mass is 820 g/mol. The maximum atomic E-state index is 13.9. The zero-order valence-electron chi connectivity index (χ0n) is 32.0. The first-order valence-electron chi connectivity index (χ1n) is 17.1. The molecule has 0 amide bonds. The van der Waals surface area contributed by atoms with Crippen LogP contribution < -0.4 is 18.9 Å². The van der Waals surface area contributed by atoms with E-state index in [0.29, 0.717) is 46.9 Å². The van der Waals surface area contributed by atoms with Crippen molar-refractivity contribution in [2.45, 2.75) is 80.3 Å². The molecule has 2 aromatic carbocycles. The van der Waals surface area contributed by atoms with Gasteiger partial charge in [-0.3, -0.25) is 0 Å². The van der Waals surface area contributed by atoms with Crippen LogP contribution >= 0.6 is 0 Å². The molecule has 0 saturated heterocycles. The summed E-state index contributed by atoms with van der Waals surface area (Å²) in [6, 6.07) is 14.6. The number of nitriles is 2. The zero-order valence-corrected chi connectivity index (χ0v) is 32.0. The van der Waals surface area contributed by atoms with E-state index in [-0.39, 0.29) is 126 Å². The number of ether oxygens (including phenoxy) is 6. The molecule has 2 unspecified atom stereocenters. The molecule has 0 saturated carbocycles. The Kier molecular flexibility index (Phi) is 18.5. The average molecular weight is 821 g/mol. The summed E-state index contributed by atoms with van der Waals surface area (Å²) in [6.45, 7) is 14.2. The first kappa shape index (κ1) is 49.1. The Morgan fingerprint density at radius 2 is 0.964 bits per heavy atom. The van der Waals surface area contributed by atoms with Crippen LogP contribution in [-0.2, 0) is 31.9 Å². The molecule has 0 radical (unpaired) electrons. The molecule has 288 valence electrons. The number of nitrogens with zero attached hydrogens (tertiary/aromatic N) is 6. The second-order valence-electron chi connectivity index (χ2n) is 14.3. The second-order valence-corrected chi connectivity index (χ2v) is 14.3. The predicted octanol–water partition coefficient (Wildman–Crippen LogP) is 6.33. The summed E-state index contributed by atoms with van der Waals surface area (Å²) in [4.78, 5) is 41.0. The molecule has 0 aliphatic carbocycles. The average Bonchev–Trinajstić information content (AvgIpc) is 3.63. The van der Waals surface area contributed by atoms with Crippen LogP contribution in [0.5, 0.6) is 34.8 Å². The third kappa shape index (κ3) is 11.5. The van der Waals surface area contributed by atoms with Crippen molar-refractivity contribution in [3.05, 3.63) is 71.0 Å². The fraction of sp³-hybridized carbons (Fsp3) is 0.410. The van der Waals surface area contributed by atoms with Gasteiger partial charge in [-0.1, -0.05) is 55.4 Å². The van der Waals surface area contributed by atoms with Gasteiger partial charge in [0.05, 0.1) is 48.9 Å². The Balaban J connectivity index is 0.00000541. The first-order chi connectivity index (χ1) is 25.5. The van der Waals surface area contributed by atoms with Gasteiger partial charge in [0.2, 0.25) is 11.5 Å². The number of hydrogen-bond acceptors (Lipinski definition) is 13. The van der Waals surface area contributed by atoms with E-state index in [1.807, 2.05) is 13.8 Å². The van der Waals surface area contributed by atoms with Gasteiger partial charge in [0.1, 0.15) is 11.5 Å². The molecule has 0 aliphatic heterocycles. The number of hydrogen-bond donors (Lipinski definition) is 0. The molecule has 0 aliphatic rings. The second kappa shape index (κ2) is 21.1. The summed E-state index contributed by atoms with van der Waals surface area (Å²) in [7, 11) is 2.80. The van der Waals surface area contributed by atoms with Gasteiger partial charge in [-0.25, -0.2) is 23.7 Å². The molecule has 17 heteroatoms. The fourth-order valence-corrected chi connectivity index (χ4v) is 5.77. The van der Waals surface area contributed by atoms with Gasteiger partial charge < -0.3 is 28.4 Å². The molecule has 0 spiro atoms. The quantitative estimate of drug-likeness (QED) is 0.0876. The molecular weight excluding hydrogens is 775 g/mol. The van der Waals surface area contributed by atoms with Crippen LogP contribution in [-0.4, -0.2) is 155 Å². The van der Waals surface area contributed by atoms with E-state index in [9.17, 15) is 14.4 Å². The number of rotatable bonds is 12. The van der Waals surface area contributed by atoms with Gasteiger partial charge in [0.25, 0.3) is 11.8 Å². The van der Waals surface area contributed by atoms with E-state index >= 15 is 0 Å². The van der Waals surface area contributed by atoms with Gasteiger partial charge in [0.15, 0.2) is 12.1 Å². The van der Waals surface area contributed by atoms with E-state index < -0.39 is 41.0 Å². The number of carbonyl (C=O) groups is 3. The molecule has 0 N–H and O–H groups in total. The predicted molar refractivity (Wildman–Crippen MR) is 208 cm³/mol. The maximum absolute atomic E-state index is 13.9. The Morgan fingerprint density at radius 1 is 0.643 bits per heavy atom. The van der Waals surface area contributed by atoms with Gasteiger partial charge in [-0.15, -0.1) is 10.2 Å². The summed E-state index contributed by atoms with van der Waals surface area (Å²) < 4.78 is 36.4. The van der Waals surface area contributed by atoms with E-state index in [0.717, 1.165) is 0 Å². The molecular formula is C39H46K2N6O9. The van der Waals surface area contributed by atoms with Gasteiger partial charge in [-0.05, 0) is 72.2 Å². The summed E-state index contributed by atoms with van der Waals surface area (Å²) in [5.74, 6) is -0.637. The Morgan fingerprint density at radius 3 is 1.21 bits per heavy atom. The number of benzene rings is 2. The number of esters is 2. The van der Waals surface area contributed by atoms with Gasteiger partial charge in [0, 0.05) is 0 Å². The van der Waals surface area contributed by atoms with Crippen molar-refractivity contribution in [3.8, 4) is 46.9 Å². The molecule has 15 nitrogen and oxygen atoms in total. The van der Waals surface area contributed by atoms with Crippen LogP contribution in [0, 0.1) is 33.5 Å². The summed E-state index contributed by atoms with van der Waals surface area (Å²) in [6.07, 6.45) is -0.866. The van der Waals surface area contributed by atoms with Crippen LogP contribution in [0.3, 0.4) is 0 Å². The Labute approximate surface area is 411 Å². The van der Waals surface area contributed by atoms with Crippen molar-refractivity contribution in [1.82, 2.24) is 19.6 Å². The molecule has 2 heterocycles. The number of methoxy groups -OCH3 is 2. The van der Waals surface area contributed by atoms with Gasteiger partial charge >= 0.3 is 121 Å². The molecule has 0 bridgehead atoms. The van der Waals surface area contributed by atoms with Crippen molar-refractivity contribution in [2.24, 2.45) is 10.8 Å². The van der Waals surface area contributed by atoms with Crippen LogP contribution in [0.25, 0.3) is 0 Å². The summed E-state index contributed by atoms with van der Waals surface area (Å²) >= 11 is 0. The van der Waals surface area contributed by atoms with Crippen molar-refractivity contribution < 1.29 is 42.8 Å². The van der Waals surface area contributed by atoms with E-state index in [1.54, 1.807) is 90.1 Å². The summed E-state index contributed by atoms with van der Waals surface area (Å²) in [5, 5.41) is 27.3. The molecule has 4 rings (SSSR count). The molecule has 2 aromatic heterocycles. The zero-order chi connectivity index (χ0) is 40.0. The molecule has 56 heavy (non-hydrogen) atoms. The summed E-state index contributed by atoms with van der Waals surface area (Å²) in [5.41, 5.74) is 0.0606. The SMILES string of the molecule is CCc1c(Oc2ccc(C#N)cc2)c(OC)nn1C(C(=O)OC(=O)OC(=O)C(n1nc(OC)c(Oc2ccc(C#N)cc2)c1CC)C(C)(C)C)C(C)(C)C.[KH].[KH]. The normalized spacial score (nSPS) is 12.0.